The monoisotopic (exact) mass is 610 g/mol. The van der Waals surface area contributed by atoms with E-state index in [9.17, 15) is 9.59 Å². The van der Waals surface area contributed by atoms with Crippen molar-refractivity contribution in [1.29, 1.82) is 0 Å². The van der Waals surface area contributed by atoms with Crippen LogP contribution >= 0.6 is 15.9 Å². The summed E-state index contributed by atoms with van der Waals surface area (Å²) in [7, 11) is 0. The van der Waals surface area contributed by atoms with E-state index in [2.05, 4.69) is 41.0 Å². The molecule has 40 heavy (non-hydrogen) atoms. The number of nitrogens with one attached hydrogen (secondary N) is 2. The summed E-state index contributed by atoms with van der Waals surface area (Å²) in [5.41, 5.74) is 2.13. The normalized spacial score (nSPS) is 20.0. The highest BCUT2D eigenvalue weighted by Gasteiger charge is 2.30. The van der Waals surface area contributed by atoms with Gasteiger partial charge in [0.1, 0.15) is 12.1 Å². The molecule has 2 N–H and O–H groups in total. The Morgan fingerprint density at radius 1 is 1.07 bits per heavy atom. The van der Waals surface area contributed by atoms with Crippen molar-refractivity contribution in [2.45, 2.75) is 70.9 Å². The molecule has 0 radical (unpaired) electrons. The number of hydrogen-bond acceptors (Lipinski definition) is 6. The molecule has 3 aromatic rings. The number of rotatable bonds is 9. The number of aromatic nitrogens is 3. The molecule has 5 rings (SSSR count). The van der Waals surface area contributed by atoms with E-state index in [1.807, 2.05) is 32.0 Å². The summed E-state index contributed by atoms with van der Waals surface area (Å²) in [5.74, 6) is 0.956. The number of imidazole rings is 1. The summed E-state index contributed by atoms with van der Waals surface area (Å²) in [4.78, 5) is 37.5. The minimum atomic E-state index is -0.222. The molecule has 1 aliphatic carbocycles. The highest BCUT2D eigenvalue weighted by Crippen LogP contribution is 2.37. The second kappa shape index (κ2) is 13.1. The van der Waals surface area contributed by atoms with Crippen LogP contribution in [0.4, 0.5) is 5.95 Å². The molecule has 0 unspecified atom stereocenters. The number of carbonyl (C=O) groups is 2. The molecule has 0 atom stereocenters. The van der Waals surface area contributed by atoms with E-state index in [4.69, 9.17) is 9.72 Å². The molecule has 3 heterocycles. The molecule has 1 aromatic carbocycles. The van der Waals surface area contributed by atoms with Gasteiger partial charge in [-0.15, -0.1) is 0 Å². The average Bonchev–Trinajstić information content (AvgIpc) is 3.30. The fourth-order valence-corrected chi connectivity index (χ4v) is 6.02. The molecule has 10 heteroatoms. The molecule has 9 nitrogen and oxygen atoms in total. The molecule has 214 valence electrons. The number of hydrogen-bond donors (Lipinski definition) is 2. The number of fused-ring (bicyclic) bond motifs is 1. The highest BCUT2D eigenvalue weighted by molar-refractivity contribution is 9.10. The van der Waals surface area contributed by atoms with E-state index in [1.165, 1.54) is 19.3 Å². The van der Waals surface area contributed by atoms with Crippen molar-refractivity contribution >= 4 is 44.7 Å². The Morgan fingerprint density at radius 2 is 1.80 bits per heavy atom. The Labute approximate surface area is 244 Å². The van der Waals surface area contributed by atoms with Gasteiger partial charge in [-0.3, -0.25) is 19.8 Å². The van der Waals surface area contributed by atoms with Gasteiger partial charge in [-0.05, 0) is 89.7 Å². The zero-order chi connectivity index (χ0) is 28.1. The Kier molecular flexibility index (Phi) is 9.36. The Hall–Kier alpha value is -2.98. The molecule has 1 saturated carbocycles. The number of nitrogens with zero attached hydrogens (tertiary/aromatic N) is 4. The molecule has 2 amide bonds. The zero-order valence-electron chi connectivity index (χ0n) is 23.4. The Balaban J connectivity index is 1.37. The van der Waals surface area contributed by atoms with Gasteiger partial charge in [0.05, 0.1) is 11.7 Å². The maximum atomic E-state index is 13.2. The summed E-state index contributed by atoms with van der Waals surface area (Å²) in [6.07, 6.45) is 8.73. The molecule has 0 bridgehead atoms. The zero-order valence-corrected chi connectivity index (χ0v) is 25.0. The van der Waals surface area contributed by atoms with Gasteiger partial charge in [0.25, 0.3) is 5.91 Å². The minimum Gasteiger partial charge on any atom is -0.476 e. The van der Waals surface area contributed by atoms with Crippen LogP contribution in [0.5, 0.6) is 5.88 Å². The van der Waals surface area contributed by atoms with Gasteiger partial charge in [-0.1, -0.05) is 22.4 Å². The number of anilines is 1. The lowest BCUT2D eigenvalue weighted by Gasteiger charge is -2.30. The van der Waals surface area contributed by atoms with Crippen molar-refractivity contribution in [2.24, 2.45) is 5.92 Å². The number of likely N-dealkylation sites (tertiary alicyclic amines) is 1. The van der Waals surface area contributed by atoms with Crippen LogP contribution in [-0.4, -0.2) is 63.5 Å². The van der Waals surface area contributed by atoms with Gasteiger partial charge in [-0.25, -0.2) is 9.97 Å². The molecule has 2 aliphatic rings. The lowest BCUT2D eigenvalue weighted by atomic mass is 9.85. The van der Waals surface area contributed by atoms with Crippen LogP contribution in [0.3, 0.4) is 0 Å². The van der Waals surface area contributed by atoms with Crippen molar-refractivity contribution in [3.63, 3.8) is 0 Å². The SMILES string of the molecule is CC(C)NC(=O)C1CCC(n2c(NC(=O)c3ccc(Br)cc3)nc3cnc(OCCN4CCCCC4)cc32)CC1. The second-order valence-electron chi connectivity index (χ2n) is 11.2. The van der Waals surface area contributed by atoms with Crippen LogP contribution in [0.1, 0.15) is 75.2 Å². The Morgan fingerprint density at radius 3 is 2.50 bits per heavy atom. The first-order valence-corrected chi connectivity index (χ1v) is 15.3. The van der Waals surface area contributed by atoms with Gasteiger partial charge in [-0.2, -0.15) is 0 Å². The molecule has 2 aromatic heterocycles. The van der Waals surface area contributed by atoms with Gasteiger partial charge in [0.15, 0.2) is 0 Å². The number of pyridine rings is 1. The van der Waals surface area contributed by atoms with Crippen molar-refractivity contribution < 1.29 is 14.3 Å². The van der Waals surface area contributed by atoms with E-state index in [0.29, 0.717) is 29.5 Å². The smallest absolute Gasteiger partial charge is 0.257 e. The van der Waals surface area contributed by atoms with Crippen LogP contribution in [0.15, 0.2) is 41.0 Å². The first-order valence-electron chi connectivity index (χ1n) is 14.5. The number of benzene rings is 1. The lowest BCUT2D eigenvalue weighted by molar-refractivity contribution is -0.126. The van der Waals surface area contributed by atoms with E-state index < -0.39 is 0 Å². The highest BCUT2D eigenvalue weighted by atomic mass is 79.9. The number of halogens is 1. The number of carbonyl (C=O) groups excluding carboxylic acids is 2. The van der Waals surface area contributed by atoms with Crippen molar-refractivity contribution in [1.82, 2.24) is 24.8 Å². The third-order valence-electron chi connectivity index (χ3n) is 7.85. The topological polar surface area (TPSA) is 101 Å². The van der Waals surface area contributed by atoms with Crippen LogP contribution < -0.4 is 15.4 Å². The first kappa shape index (κ1) is 28.5. The standard InChI is InChI=1S/C30H39BrN6O3/c1-20(2)33-28(38)22-8-12-24(13-9-22)37-26-18-27(40-17-16-36-14-4-3-5-15-36)32-19-25(26)34-30(37)35-29(39)21-6-10-23(31)11-7-21/h6-7,10-11,18-20,22,24H,3-5,8-9,12-17H2,1-2H3,(H,33,38)(H,34,35,39). The predicted molar refractivity (Wildman–Crippen MR) is 160 cm³/mol. The first-order chi connectivity index (χ1) is 19.4. The fourth-order valence-electron chi connectivity index (χ4n) is 5.75. The third kappa shape index (κ3) is 7.01. The molecular weight excluding hydrogens is 572 g/mol. The molecule has 1 aliphatic heterocycles. The van der Waals surface area contributed by atoms with Crippen LogP contribution in [0.25, 0.3) is 11.0 Å². The maximum Gasteiger partial charge on any atom is 0.257 e. The quantitative estimate of drug-likeness (QED) is 0.328. The van der Waals surface area contributed by atoms with E-state index >= 15 is 0 Å². The lowest BCUT2D eigenvalue weighted by Crippen LogP contribution is -2.37. The molecule has 1 saturated heterocycles. The fraction of sp³-hybridized carbons (Fsp3) is 0.533. The van der Waals surface area contributed by atoms with E-state index in [-0.39, 0.29) is 29.8 Å². The summed E-state index contributed by atoms with van der Waals surface area (Å²) < 4.78 is 9.10. The van der Waals surface area contributed by atoms with E-state index in [0.717, 1.165) is 55.3 Å². The number of ether oxygens (including phenoxy) is 1. The third-order valence-corrected chi connectivity index (χ3v) is 8.38. The van der Waals surface area contributed by atoms with Gasteiger partial charge >= 0.3 is 0 Å². The van der Waals surface area contributed by atoms with Gasteiger partial charge in [0.2, 0.25) is 17.7 Å². The minimum absolute atomic E-state index is 0.00425. The number of piperidine rings is 1. The summed E-state index contributed by atoms with van der Waals surface area (Å²) in [6.45, 7) is 7.69. The Bertz CT molecular complexity index is 1310. The molecule has 2 fully saturated rings. The van der Waals surface area contributed by atoms with Gasteiger partial charge < -0.3 is 14.6 Å². The van der Waals surface area contributed by atoms with Crippen molar-refractivity contribution in [3.8, 4) is 5.88 Å². The molecule has 0 spiro atoms. The van der Waals surface area contributed by atoms with Crippen LogP contribution in [0, 0.1) is 5.92 Å². The summed E-state index contributed by atoms with van der Waals surface area (Å²) in [5, 5.41) is 6.10. The average molecular weight is 612 g/mol. The van der Waals surface area contributed by atoms with Crippen molar-refractivity contribution in [3.05, 3.63) is 46.6 Å². The van der Waals surface area contributed by atoms with Crippen molar-refractivity contribution in [2.75, 3.05) is 31.6 Å². The summed E-state index contributed by atoms with van der Waals surface area (Å²) in [6, 6.07) is 9.41. The molecular formula is C30H39BrN6O3. The number of amides is 2. The van der Waals surface area contributed by atoms with Crippen LogP contribution in [-0.2, 0) is 4.79 Å². The second-order valence-corrected chi connectivity index (χ2v) is 12.1. The predicted octanol–water partition coefficient (Wildman–Crippen LogP) is 5.57. The van der Waals surface area contributed by atoms with Crippen LogP contribution in [0.2, 0.25) is 0 Å². The maximum absolute atomic E-state index is 13.2. The van der Waals surface area contributed by atoms with Gasteiger partial charge in [0, 0.05) is 40.6 Å². The largest absolute Gasteiger partial charge is 0.476 e. The summed E-state index contributed by atoms with van der Waals surface area (Å²) >= 11 is 3.43. The van der Waals surface area contributed by atoms with E-state index in [1.54, 1.807) is 18.3 Å².